The summed E-state index contributed by atoms with van der Waals surface area (Å²) >= 11 is 1.23. The highest BCUT2D eigenvalue weighted by Crippen LogP contribution is 2.42. The van der Waals surface area contributed by atoms with E-state index in [1.165, 1.54) is 23.5 Å². The van der Waals surface area contributed by atoms with Crippen LogP contribution in [0.25, 0.3) is 21.9 Å². The number of halogens is 1. The number of nitrogens with zero attached hydrogens (tertiary/aromatic N) is 3. The van der Waals surface area contributed by atoms with E-state index in [0.717, 1.165) is 11.1 Å². The second kappa shape index (κ2) is 13.8. The largest absolute Gasteiger partial charge is 0.497 e. The SMILES string of the molecule is COc1cccc(CNC(=O)c2ccc(-c3c(C(N)=O)c(CC(C)C)nc(CCc4ccc(F)cc4)c3-c3nnc(C)o3)s2)c1. The number of hydrogen-bond acceptors (Lipinski definition) is 8. The van der Waals surface area contributed by atoms with Crippen LogP contribution in [0.5, 0.6) is 5.75 Å². The molecule has 2 aromatic carbocycles. The van der Waals surface area contributed by atoms with Crippen LogP contribution in [-0.2, 0) is 25.8 Å². The van der Waals surface area contributed by atoms with E-state index in [0.29, 0.717) is 69.7 Å². The summed E-state index contributed by atoms with van der Waals surface area (Å²) in [5.41, 5.74) is 10.3. The first-order valence-electron chi connectivity index (χ1n) is 14.5. The molecule has 9 nitrogen and oxygen atoms in total. The molecule has 0 aliphatic carbocycles. The number of benzene rings is 2. The van der Waals surface area contributed by atoms with Gasteiger partial charge in [-0.3, -0.25) is 14.6 Å². The van der Waals surface area contributed by atoms with E-state index in [-0.39, 0.29) is 29.1 Å². The van der Waals surface area contributed by atoms with Crippen molar-refractivity contribution in [2.24, 2.45) is 11.7 Å². The summed E-state index contributed by atoms with van der Waals surface area (Å²) in [6.45, 7) is 6.06. The zero-order valence-electron chi connectivity index (χ0n) is 25.5. The van der Waals surface area contributed by atoms with Gasteiger partial charge in [-0.1, -0.05) is 38.1 Å². The quantitative estimate of drug-likeness (QED) is 0.165. The molecule has 5 rings (SSSR count). The van der Waals surface area contributed by atoms with E-state index in [9.17, 15) is 14.0 Å². The molecule has 0 unspecified atom stereocenters. The zero-order valence-corrected chi connectivity index (χ0v) is 26.3. The number of primary amides is 1. The highest BCUT2D eigenvalue weighted by molar-refractivity contribution is 7.17. The first kappa shape index (κ1) is 31.5. The zero-order chi connectivity index (χ0) is 32.1. The molecule has 0 fully saturated rings. The van der Waals surface area contributed by atoms with Gasteiger partial charge in [-0.05, 0) is 72.7 Å². The third-order valence-corrected chi connectivity index (χ3v) is 8.26. The van der Waals surface area contributed by atoms with Crippen LogP contribution >= 0.6 is 11.3 Å². The van der Waals surface area contributed by atoms with Crippen LogP contribution in [0.15, 0.2) is 65.1 Å². The Morgan fingerprint density at radius 2 is 1.78 bits per heavy atom. The molecule has 0 aliphatic heterocycles. The molecule has 3 aromatic heterocycles. The van der Waals surface area contributed by atoms with Gasteiger partial charge in [-0.2, -0.15) is 0 Å². The fraction of sp³-hybridized carbons (Fsp3) is 0.265. The van der Waals surface area contributed by atoms with Crippen LogP contribution < -0.4 is 15.8 Å². The van der Waals surface area contributed by atoms with Crippen LogP contribution in [0, 0.1) is 18.7 Å². The monoisotopic (exact) mass is 627 g/mol. The van der Waals surface area contributed by atoms with Gasteiger partial charge < -0.3 is 20.2 Å². The molecule has 0 aliphatic rings. The van der Waals surface area contributed by atoms with Crippen LogP contribution in [0.3, 0.4) is 0 Å². The number of aromatic nitrogens is 3. The highest BCUT2D eigenvalue weighted by Gasteiger charge is 2.29. The van der Waals surface area contributed by atoms with Gasteiger partial charge in [0.15, 0.2) is 0 Å². The number of carbonyl (C=O) groups is 2. The van der Waals surface area contributed by atoms with Crippen molar-refractivity contribution in [2.75, 3.05) is 7.11 Å². The number of nitrogens with one attached hydrogen (secondary N) is 1. The number of thiophene rings is 1. The average molecular weight is 628 g/mol. The first-order chi connectivity index (χ1) is 21.6. The Balaban J connectivity index is 1.60. The fourth-order valence-corrected chi connectivity index (χ4v) is 6.08. The van der Waals surface area contributed by atoms with Gasteiger partial charge in [0, 0.05) is 23.9 Å². The summed E-state index contributed by atoms with van der Waals surface area (Å²) in [6.07, 6.45) is 1.49. The lowest BCUT2D eigenvalue weighted by Gasteiger charge is -2.19. The van der Waals surface area contributed by atoms with Gasteiger partial charge in [0.05, 0.1) is 34.5 Å². The molecule has 0 saturated heterocycles. The van der Waals surface area contributed by atoms with Gasteiger partial charge >= 0.3 is 0 Å². The Hall–Kier alpha value is -4.90. The van der Waals surface area contributed by atoms with Crippen molar-refractivity contribution in [2.45, 2.75) is 46.6 Å². The Morgan fingerprint density at radius 3 is 2.44 bits per heavy atom. The number of hydrogen-bond donors (Lipinski definition) is 2. The highest BCUT2D eigenvalue weighted by atomic mass is 32.1. The maximum Gasteiger partial charge on any atom is 0.261 e. The Bertz CT molecular complexity index is 1830. The van der Waals surface area contributed by atoms with Crippen molar-refractivity contribution in [3.63, 3.8) is 0 Å². The van der Waals surface area contributed by atoms with E-state index >= 15 is 0 Å². The minimum atomic E-state index is -0.645. The third kappa shape index (κ3) is 7.43. The van der Waals surface area contributed by atoms with E-state index < -0.39 is 5.91 Å². The summed E-state index contributed by atoms with van der Waals surface area (Å²) in [4.78, 5) is 32.5. The number of rotatable bonds is 12. The minimum absolute atomic E-state index is 0.172. The summed E-state index contributed by atoms with van der Waals surface area (Å²) in [5, 5.41) is 11.3. The molecule has 45 heavy (non-hydrogen) atoms. The summed E-state index contributed by atoms with van der Waals surface area (Å²) < 4.78 is 24.8. The molecule has 11 heteroatoms. The number of methoxy groups -OCH3 is 1. The number of ether oxygens (including phenoxy) is 1. The normalized spacial score (nSPS) is 11.2. The fourth-order valence-electron chi connectivity index (χ4n) is 5.10. The smallest absolute Gasteiger partial charge is 0.261 e. The second-order valence-corrected chi connectivity index (χ2v) is 12.1. The lowest BCUT2D eigenvalue weighted by molar-refractivity contribution is 0.0953. The molecule has 2 amide bonds. The number of aryl methyl sites for hydroxylation is 3. The van der Waals surface area contributed by atoms with Crippen molar-refractivity contribution in [1.29, 1.82) is 0 Å². The summed E-state index contributed by atoms with van der Waals surface area (Å²) in [7, 11) is 1.59. The Morgan fingerprint density at radius 1 is 1.00 bits per heavy atom. The molecule has 3 heterocycles. The van der Waals surface area contributed by atoms with E-state index in [4.69, 9.17) is 19.9 Å². The molecule has 232 valence electrons. The Labute approximate surface area is 264 Å². The topological polar surface area (TPSA) is 133 Å². The molecule has 0 atom stereocenters. The number of carbonyl (C=O) groups excluding carboxylic acids is 2. The molecule has 0 radical (unpaired) electrons. The molecule has 3 N–H and O–H groups in total. The predicted molar refractivity (Wildman–Crippen MR) is 171 cm³/mol. The molecular weight excluding hydrogens is 593 g/mol. The van der Waals surface area contributed by atoms with Crippen molar-refractivity contribution in [3.8, 4) is 27.6 Å². The molecule has 5 aromatic rings. The predicted octanol–water partition coefficient (Wildman–Crippen LogP) is 6.33. The molecule has 0 bridgehead atoms. The first-order valence-corrected chi connectivity index (χ1v) is 15.4. The van der Waals surface area contributed by atoms with Crippen molar-refractivity contribution in [3.05, 3.63) is 105 Å². The maximum absolute atomic E-state index is 13.6. The standard InChI is InChI=1S/C34H34FN5O4S/c1-19(2)16-26-29(32(36)41)31(27-14-15-28(45-27)33(42)37-18-22-6-5-7-24(17-22)43-4)30(34-40-39-20(3)44-34)25(38-26)13-10-21-8-11-23(35)12-9-21/h5-9,11-12,14-15,17,19H,10,13,16,18H2,1-4H3,(H2,36,41)(H,37,42). The second-order valence-electron chi connectivity index (χ2n) is 11.0. The van der Waals surface area contributed by atoms with Crippen molar-refractivity contribution >= 4 is 23.2 Å². The van der Waals surface area contributed by atoms with Crippen LogP contribution in [-0.4, -0.2) is 34.1 Å². The van der Waals surface area contributed by atoms with Crippen LogP contribution in [0.2, 0.25) is 0 Å². The third-order valence-electron chi connectivity index (χ3n) is 7.16. The van der Waals surface area contributed by atoms with Gasteiger partial charge in [0.1, 0.15) is 11.6 Å². The lowest BCUT2D eigenvalue weighted by Crippen LogP contribution is -2.21. The Kier molecular flexibility index (Phi) is 9.68. The van der Waals surface area contributed by atoms with Crippen LogP contribution in [0.4, 0.5) is 4.39 Å². The van der Waals surface area contributed by atoms with Crippen LogP contribution in [0.1, 0.15) is 62.3 Å². The summed E-state index contributed by atoms with van der Waals surface area (Å²) in [6, 6.07) is 17.3. The van der Waals surface area contributed by atoms with Gasteiger partial charge in [-0.25, -0.2) is 4.39 Å². The molecule has 0 saturated carbocycles. The maximum atomic E-state index is 13.6. The van der Waals surface area contributed by atoms with E-state index in [2.05, 4.69) is 15.5 Å². The van der Waals surface area contributed by atoms with Crippen molar-refractivity contribution in [1.82, 2.24) is 20.5 Å². The van der Waals surface area contributed by atoms with Gasteiger partial charge in [-0.15, -0.1) is 21.5 Å². The van der Waals surface area contributed by atoms with E-state index in [1.54, 1.807) is 38.3 Å². The number of pyridine rings is 1. The number of amides is 2. The lowest BCUT2D eigenvalue weighted by atomic mass is 9.91. The van der Waals surface area contributed by atoms with Crippen molar-refractivity contribution < 1.29 is 23.1 Å². The average Bonchev–Trinajstić information content (AvgIpc) is 3.68. The molecular formula is C34H34FN5O4S. The number of nitrogens with two attached hydrogens (primary N) is 1. The van der Waals surface area contributed by atoms with Gasteiger partial charge in [0.25, 0.3) is 11.8 Å². The minimum Gasteiger partial charge on any atom is -0.497 e. The molecule has 0 spiro atoms. The van der Waals surface area contributed by atoms with E-state index in [1.807, 2.05) is 38.1 Å². The van der Waals surface area contributed by atoms with Gasteiger partial charge in [0.2, 0.25) is 11.8 Å². The summed E-state index contributed by atoms with van der Waals surface area (Å²) in [5.74, 6) is 0.189.